The molecule has 1 heterocycles. The fraction of sp³-hybridized carbons (Fsp3) is 0.750. The monoisotopic (exact) mass is 267 g/mol. The van der Waals surface area contributed by atoms with Gasteiger partial charge in [0.15, 0.2) is 0 Å². The van der Waals surface area contributed by atoms with E-state index >= 15 is 0 Å². The van der Waals surface area contributed by atoms with Gasteiger partial charge in [-0.15, -0.1) is 0 Å². The van der Waals surface area contributed by atoms with E-state index in [-0.39, 0.29) is 22.7 Å². The number of aromatic nitrogens is 2. The summed E-state index contributed by atoms with van der Waals surface area (Å²) in [6, 6.07) is 0.140. The average molecular weight is 267 g/mol. The van der Waals surface area contributed by atoms with E-state index in [0.29, 0.717) is 17.9 Å². The lowest BCUT2D eigenvalue weighted by atomic mass is 9.91. The number of aryl methyl sites for hydroxylation is 2. The highest BCUT2D eigenvalue weighted by Crippen LogP contribution is 2.31. The Morgan fingerprint density at radius 2 is 2.21 bits per heavy atom. The topological polar surface area (TPSA) is 99.0 Å². The van der Waals surface area contributed by atoms with E-state index in [9.17, 15) is 10.1 Å². The largest absolute Gasteiger partial charge is 0.360 e. The first-order valence-corrected chi connectivity index (χ1v) is 6.77. The molecule has 0 saturated heterocycles. The lowest BCUT2D eigenvalue weighted by Crippen LogP contribution is -2.43. The summed E-state index contributed by atoms with van der Waals surface area (Å²) in [5.41, 5.74) is 6.68. The third kappa shape index (κ3) is 2.70. The number of nitrogens with two attached hydrogens (primary N) is 1. The Bertz CT molecular complexity index is 471. The third-order valence-corrected chi connectivity index (χ3v) is 3.75. The minimum atomic E-state index is -0.359. The van der Waals surface area contributed by atoms with Crippen molar-refractivity contribution in [3.05, 3.63) is 15.8 Å². The fourth-order valence-electron chi connectivity index (χ4n) is 2.67. The number of anilines is 1. The molecule has 0 spiro atoms. The van der Waals surface area contributed by atoms with Crippen LogP contribution in [0.2, 0.25) is 0 Å². The molecule has 1 aliphatic carbocycles. The summed E-state index contributed by atoms with van der Waals surface area (Å²) in [7, 11) is 1.73. The number of hydrogen-bond acceptors (Lipinski definition) is 5. The van der Waals surface area contributed by atoms with E-state index in [1.165, 1.54) is 0 Å². The Hall–Kier alpha value is -1.63. The molecule has 2 rings (SSSR count). The summed E-state index contributed by atoms with van der Waals surface area (Å²) in [6.07, 6.45) is 4.70. The molecular formula is C12H21N5O2. The minimum absolute atomic E-state index is 0.0494. The van der Waals surface area contributed by atoms with Gasteiger partial charge in [0.05, 0.1) is 4.92 Å². The Labute approximate surface area is 112 Å². The van der Waals surface area contributed by atoms with E-state index in [1.54, 1.807) is 11.7 Å². The molecule has 0 aliphatic heterocycles. The molecule has 106 valence electrons. The molecule has 1 aromatic rings. The molecule has 0 bridgehead atoms. The first kappa shape index (κ1) is 13.8. The number of nitrogens with zero attached hydrogens (tertiary/aromatic N) is 3. The van der Waals surface area contributed by atoms with Crippen LogP contribution in [0.25, 0.3) is 0 Å². The standard InChI is InChI=1S/C12H21N5O2/c1-3-9-11(17(18)19)12(16(2)15-9)14-10-7-5-4-6-8(10)13/h8,10,14H,3-7,13H2,1-2H3/t8-,10-/m1/s1. The van der Waals surface area contributed by atoms with Crippen molar-refractivity contribution in [2.45, 2.75) is 51.1 Å². The molecule has 1 saturated carbocycles. The maximum Gasteiger partial charge on any atom is 0.333 e. The van der Waals surface area contributed by atoms with Crippen LogP contribution < -0.4 is 11.1 Å². The predicted octanol–water partition coefficient (Wildman–Crippen LogP) is 1.57. The van der Waals surface area contributed by atoms with Gasteiger partial charge in [-0.3, -0.25) is 10.1 Å². The van der Waals surface area contributed by atoms with Gasteiger partial charge in [-0.25, -0.2) is 4.68 Å². The van der Waals surface area contributed by atoms with Crippen LogP contribution in [0.3, 0.4) is 0 Å². The van der Waals surface area contributed by atoms with Crippen molar-refractivity contribution in [2.75, 3.05) is 5.32 Å². The van der Waals surface area contributed by atoms with Crippen molar-refractivity contribution >= 4 is 11.5 Å². The van der Waals surface area contributed by atoms with Crippen molar-refractivity contribution in [2.24, 2.45) is 12.8 Å². The first-order chi connectivity index (χ1) is 9.04. The molecule has 0 radical (unpaired) electrons. The molecule has 1 aliphatic rings. The maximum atomic E-state index is 11.2. The Balaban J connectivity index is 2.28. The van der Waals surface area contributed by atoms with E-state index in [1.807, 2.05) is 6.92 Å². The zero-order valence-corrected chi connectivity index (χ0v) is 11.4. The highest BCUT2D eigenvalue weighted by atomic mass is 16.6. The van der Waals surface area contributed by atoms with E-state index < -0.39 is 0 Å². The van der Waals surface area contributed by atoms with E-state index in [0.717, 1.165) is 25.7 Å². The van der Waals surface area contributed by atoms with Crippen molar-refractivity contribution in [1.82, 2.24) is 9.78 Å². The fourth-order valence-corrected chi connectivity index (χ4v) is 2.67. The first-order valence-electron chi connectivity index (χ1n) is 6.77. The second-order valence-electron chi connectivity index (χ2n) is 5.08. The number of hydrogen-bond donors (Lipinski definition) is 2. The second-order valence-corrected chi connectivity index (χ2v) is 5.08. The number of rotatable bonds is 4. The lowest BCUT2D eigenvalue weighted by Gasteiger charge is -2.29. The van der Waals surface area contributed by atoms with Crippen LogP contribution >= 0.6 is 0 Å². The van der Waals surface area contributed by atoms with Gasteiger partial charge >= 0.3 is 5.69 Å². The quantitative estimate of drug-likeness (QED) is 0.637. The maximum absolute atomic E-state index is 11.2. The van der Waals surface area contributed by atoms with Crippen LogP contribution in [0.5, 0.6) is 0 Å². The number of nitro groups is 1. The second kappa shape index (κ2) is 5.56. The molecule has 0 amide bonds. The minimum Gasteiger partial charge on any atom is -0.360 e. The molecule has 7 heteroatoms. The SMILES string of the molecule is CCc1nn(C)c(N[C@@H]2CCCC[C@H]2N)c1[N+](=O)[O-]. The van der Waals surface area contributed by atoms with Crippen LogP contribution in [0.1, 0.15) is 38.3 Å². The molecule has 1 fully saturated rings. The molecule has 19 heavy (non-hydrogen) atoms. The van der Waals surface area contributed by atoms with Gasteiger partial charge in [0.2, 0.25) is 5.82 Å². The summed E-state index contributed by atoms with van der Waals surface area (Å²) < 4.78 is 1.55. The Kier molecular flexibility index (Phi) is 4.04. The van der Waals surface area contributed by atoms with Crippen LogP contribution in [0.4, 0.5) is 11.5 Å². The van der Waals surface area contributed by atoms with Gasteiger partial charge in [0, 0.05) is 19.1 Å². The molecule has 2 atom stereocenters. The van der Waals surface area contributed by atoms with Crippen molar-refractivity contribution in [3.8, 4) is 0 Å². The van der Waals surface area contributed by atoms with Gasteiger partial charge in [-0.05, 0) is 19.3 Å². The van der Waals surface area contributed by atoms with Crippen molar-refractivity contribution < 1.29 is 4.92 Å². The van der Waals surface area contributed by atoms with Gasteiger partial charge < -0.3 is 11.1 Å². The average Bonchev–Trinajstić information content (AvgIpc) is 2.69. The summed E-state index contributed by atoms with van der Waals surface area (Å²) in [6.45, 7) is 1.87. The molecule has 0 aromatic carbocycles. The summed E-state index contributed by atoms with van der Waals surface area (Å²) in [4.78, 5) is 10.9. The van der Waals surface area contributed by atoms with Gasteiger partial charge in [-0.2, -0.15) is 5.10 Å². The highest BCUT2D eigenvalue weighted by Gasteiger charge is 2.29. The van der Waals surface area contributed by atoms with Crippen LogP contribution in [-0.2, 0) is 13.5 Å². The highest BCUT2D eigenvalue weighted by molar-refractivity contribution is 5.60. The van der Waals surface area contributed by atoms with Crippen LogP contribution in [-0.4, -0.2) is 26.8 Å². The van der Waals surface area contributed by atoms with Gasteiger partial charge in [0.25, 0.3) is 0 Å². The smallest absolute Gasteiger partial charge is 0.333 e. The normalized spacial score (nSPS) is 23.3. The van der Waals surface area contributed by atoms with Gasteiger partial charge in [0.1, 0.15) is 5.69 Å². The molecule has 0 unspecified atom stereocenters. The Morgan fingerprint density at radius 1 is 1.53 bits per heavy atom. The lowest BCUT2D eigenvalue weighted by molar-refractivity contribution is -0.384. The van der Waals surface area contributed by atoms with Gasteiger partial charge in [-0.1, -0.05) is 19.8 Å². The molecular weight excluding hydrogens is 246 g/mol. The van der Waals surface area contributed by atoms with E-state index in [4.69, 9.17) is 5.73 Å². The third-order valence-electron chi connectivity index (χ3n) is 3.75. The summed E-state index contributed by atoms with van der Waals surface area (Å²) in [5, 5.41) is 18.7. The molecule has 7 nitrogen and oxygen atoms in total. The summed E-state index contributed by atoms with van der Waals surface area (Å²) in [5.74, 6) is 0.476. The molecule has 3 N–H and O–H groups in total. The van der Waals surface area contributed by atoms with Crippen molar-refractivity contribution in [1.29, 1.82) is 0 Å². The Morgan fingerprint density at radius 3 is 2.79 bits per heavy atom. The van der Waals surface area contributed by atoms with E-state index in [2.05, 4.69) is 10.4 Å². The van der Waals surface area contributed by atoms with Crippen LogP contribution in [0, 0.1) is 10.1 Å². The van der Waals surface area contributed by atoms with Crippen LogP contribution in [0.15, 0.2) is 0 Å². The predicted molar refractivity (Wildman–Crippen MR) is 73.1 cm³/mol. The zero-order chi connectivity index (χ0) is 14.0. The molecule has 1 aromatic heterocycles. The zero-order valence-electron chi connectivity index (χ0n) is 11.4. The summed E-state index contributed by atoms with van der Waals surface area (Å²) >= 11 is 0. The van der Waals surface area contributed by atoms with Crippen molar-refractivity contribution in [3.63, 3.8) is 0 Å². The number of nitrogens with one attached hydrogen (secondary N) is 1.